The van der Waals surface area contributed by atoms with Gasteiger partial charge in [-0.1, -0.05) is 35.5 Å². The molecule has 0 aromatic heterocycles. The van der Waals surface area contributed by atoms with Gasteiger partial charge in [-0.25, -0.2) is 0 Å². The molecule has 3 nitrogen and oxygen atoms in total. The van der Waals surface area contributed by atoms with E-state index in [1.54, 1.807) is 11.8 Å². The average molecular weight is 285 g/mol. The summed E-state index contributed by atoms with van der Waals surface area (Å²) in [6, 6.07) is 7.78. The molecule has 1 heterocycles. The van der Waals surface area contributed by atoms with E-state index >= 15 is 0 Å². The van der Waals surface area contributed by atoms with E-state index in [1.807, 2.05) is 24.3 Å². The molecule has 0 aliphatic carbocycles. The van der Waals surface area contributed by atoms with E-state index in [9.17, 15) is 0 Å². The van der Waals surface area contributed by atoms with Gasteiger partial charge in [0, 0.05) is 17.4 Å². The van der Waals surface area contributed by atoms with Crippen LogP contribution in [0.3, 0.4) is 0 Å². The number of amidine groups is 1. The minimum atomic E-state index is 0.264. The third-order valence-corrected chi connectivity index (χ3v) is 3.93. The molecule has 1 atom stereocenters. The van der Waals surface area contributed by atoms with Crippen molar-refractivity contribution in [2.75, 3.05) is 13.2 Å². The topological polar surface area (TPSA) is 47.6 Å². The van der Waals surface area contributed by atoms with Crippen molar-refractivity contribution in [3.8, 4) is 0 Å². The molecule has 2 N–H and O–H groups in total. The number of aliphatic imine (C=N–C) groups is 1. The monoisotopic (exact) mass is 284 g/mol. The standard InChI is InChI=1S/C13H17ClN2OS/c14-11-5-3-10(4-6-11)9-18-13(15)16-8-12-2-1-7-17-12/h3-6,12H,1-2,7-9H2,(H2,15,16)/t12-/m1/s1. The molecule has 5 heteroatoms. The summed E-state index contributed by atoms with van der Waals surface area (Å²) in [5.41, 5.74) is 7.06. The highest BCUT2D eigenvalue weighted by Crippen LogP contribution is 2.16. The molecule has 1 aromatic rings. The van der Waals surface area contributed by atoms with Crippen LogP contribution >= 0.6 is 23.4 Å². The molecule has 1 saturated heterocycles. The maximum atomic E-state index is 5.86. The van der Waals surface area contributed by atoms with Gasteiger partial charge in [0.25, 0.3) is 0 Å². The second-order valence-electron chi connectivity index (χ2n) is 4.23. The number of benzene rings is 1. The van der Waals surface area contributed by atoms with Gasteiger partial charge in [0.1, 0.15) is 0 Å². The minimum Gasteiger partial charge on any atom is -0.379 e. The van der Waals surface area contributed by atoms with Gasteiger partial charge in [-0.3, -0.25) is 4.99 Å². The molecule has 1 aromatic carbocycles. The summed E-state index contributed by atoms with van der Waals surface area (Å²) in [6.07, 6.45) is 2.50. The van der Waals surface area contributed by atoms with Gasteiger partial charge in [-0.15, -0.1) is 0 Å². The Labute approximate surface area is 117 Å². The Morgan fingerprint density at radius 3 is 2.89 bits per heavy atom. The molecule has 0 spiro atoms. The predicted octanol–water partition coefficient (Wildman–Crippen LogP) is 3.07. The molecule has 1 aliphatic rings. The fourth-order valence-corrected chi connectivity index (χ4v) is 2.56. The summed E-state index contributed by atoms with van der Waals surface area (Å²) in [4.78, 5) is 4.35. The molecule has 0 unspecified atom stereocenters. The van der Waals surface area contributed by atoms with E-state index in [4.69, 9.17) is 22.1 Å². The summed E-state index contributed by atoms with van der Waals surface area (Å²) in [5, 5.41) is 1.38. The van der Waals surface area contributed by atoms with E-state index in [0.29, 0.717) is 11.7 Å². The smallest absolute Gasteiger partial charge is 0.154 e. The number of nitrogens with zero attached hydrogens (tertiary/aromatic N) is 1. The van der Waals surface area contributed by atoms with Crippen LogP contribution in [0.2, 0.25) is 5.02 Å². The molecule has 0 saturated carbocycles. The summed E-state index contributed by atoms with van der Waals surface area (Å²) < 4.78 is 5.49. The Morgan fingerprint density at radius 2 is 2.22 bits per heavy atom. The van der Waals surface area contributed by atoms with Gasteiger partial charge in [-0.05, 0) is 30.5 Å². The lowest BCUT2D eigenvalue weighted by molar-refractivity contribution is 0.118. The molecule has 0 radical (unpaired) electrons. The Balaban J connectivity index is 1.74. The third kappa shape index (κ3) is 4.52. The van der Waals surface area contributed by atoms with E-state index in [-0.39, 0.29) is 6.10 Å². The SMILES string of the molecule is NC(=NC[C@H]1CCCO1)SCc1ccc(Cl)cc1. The molecule has 18 heavy (non-hydrogen) atoms. The quantitative estimate of drug-likeness (QED) is 0.683. The van der Waals surface area contributed by atoms with Crippen LogP contribution in [0.25, 0.3) is 0 Å². The van der Waals surface area contributed by atoms with E-state index in [2.05, 4.69) is 4.99 Å². The zero-order valence-corrected chi connectivity index (χ0v) is 11.7. The average Bonchev–Trinajstić information content (AvgIpc) is 2.89. The first-order valence-corrected chi connectivity index (χ1v) is 7.39. The summed E-state index contributed by atoms with van der Waals surface area (Å²) in [7, 11) is 0. The van der Waals surface area contributed by atoms with E-state index in [0.717, 1.165) is 30.2 Å². The highest BCUT2D eigenvalue weighted by atomic mass is 35.5. The van der Waals surface area contributed by atoms with Crippen LogP contribution in [-0.4, -0.2) is 24.4 Å². The molecular weight excluding hydrogens is 268 g/mol. The lowest BCUT2D eigenvalue weighted by Crippen LogP contribution is -2.14. The second kappa shape index (κ2) is 7.02. The Morgan fingerprint density at radius 1 is 1.44 bits per heavy atom. The normalized spacial score (nSPS) is 20.3. The van der Waals surface area contributed by atoms with Crippen molar-refractivity contribution in [2.24, 2.45) is 10.7 Å². The van der Waals surface area contributed by atoms with Crippen LogP contribution in [0.5, 0.6) is 0 Å². The molecule has 1 fully saturated rings. The van der Waals surface area contributed by atoms with Gasteiger partial charge in [0.15, 0.2) is 5.17 Å². The van der Waals surface area contributed by atoms with Crippen LogP contribution < -0.4 is 5.73 Å². The van der Waals surface area contributed by atoms with E-state index < -0.39 is 0 Å². The minimum absolute atomic E-state index is 0.264. The third-order valence-electron chi connectivity index (χ3n) is 2.77. The van der Waals surface area contributed by atoms with Crippen LogP contribution in [0.4, 0.5) is 0 Å². The van der Waals surface area contributed by atoms with Crippen molar-refractivity contribution in [3.05, 3.63) is 34.9 Å². The number of thioether (sulfide) groups is 1. The molecule has 1 aliphatic heterocycles. The molecule has 0 amide bonds. The Hall–Kier alpha value is -0.710. The van der Waals surface area contributed by atoms with Crippen LogP contribution in [0.1, 0.15) is 18.4 Å². The zero-order valence-electron chi connectivity index (χ0n) is 10.1. The Kier molecular flexibility index (Phi) is 5.35. The number of hydrogen-bond donors (Lipinski definition) is 1. The first kappa shape index (κ1) is 13.7. The van der Waals surface area contributed by atoms with Crippen molar-refractivity contribution in [1.29, 1.82) is 0 Å². The zero-order chi connectivity index (χ0) is 12.8. The van der Waals surface area contributed by atoms with Gasteiger partial charge >= 0.3 is 0 Å². The van der Waals surface area contributed by atoms with Crippen molar-refractivity contribution in [1.82, 2.24) is 0 Å². The number of rotatable bonds is 4. The molecule has 98 valence electrons. The summed E-state index contributed by atoms with van der Waals surface area (Å²) in [6.45, 7) is 1.54. The van der Waals surface area contributed by atoms with Crippen LogP contribution in [0, 0.1) is 0 Å². The molecule has 2 rings (SSSR count). The lowest BCUT2D eigenvalue weighted by Gasteiger charge is -2.06. The van der Waals surface area contributed by atoms with Gasteiger partial charge in [0.2, 0.25) is 0 Å². The van der Waals surface area contributed by atoms with Gasteiger partial charge < -0.3 is 10.5 Å². The first-order chi connectivity index (χ1) is 8.74. The predicted molar refractivity (Wildman–Crippen MR) is 78.2 cm³/mol. The fourth-order valence-electron chi connectivity index (χ4n) is 1.76. The van der Waals surface area contributed by atoms with Crippen LogP contribution in [0.15, 0.2) is 29.3 Å². The summed E-state index contributed by atoms with van der Waals surface area (Å²) in [5.74, 6) is 0.817. The van der Waals surface area contributed by atoms with Crippen LogP contribution in [-0.2, 0) is 10.5 Å². The Bertz CT molecular complexity index is 402. The highest BCUT2D eigenvalue weighted by molar-refractivity contribution is 8.13. The number of ether oxygens (including phenoxy) is 1. The molecule has 0 bridgehead atoms. The number of halogens is 1. The second-order valence-corrected chi connectivity index (χ2v) is 5.66. The van der Waals surface area contributed by atoms with Crippen molar-refractivity contribution < 1.29 is 4.74 Å². The maximum Gasteiger partial charge on any atom is 0.154 e. The van der Waals surface area contributed by atoms with E-state index in [1.165, 1.54) is 5.56 Å². The van der Waals surface area contributed by atoms with Gasteiger partial charge in [0.05, 0.1) is 12.6 Å². The van der Waals surface area contributed by atoms with Crippen molar-refractivity contribution in [3.63, 3.8) is 0 Å². The highest BCUT2D eigenvalue weighted by Gasteiger charge is 2.14. The summed E-state index contributed by atoms with van der Waals surface area (Å²) >= 11 is 7.38. The molecular formula is C13H17ClN2OS. The van der Waals surface area contributed by atoms with Crippen molar-refractivity contribution in [2.45, 2.75) is 24.7 Å². The first-order valence-electron chi connectivity index (χ1n) is 6.03. The largest absolute Gasteiger partial charge is 0.379 e. The van der Waals surface area contributed by atoms with Crippen molar-refractivity contribution >= 4 is 28.5 Å². The maximum absolute atomic E-state index is 5.86. The van der Waals surface area contributed by atoms with Gasteiger partial charge in [-0.2, -0.15) is 0 Å². The lowest BCUT2D eigenvalue weighted by atomic mass is 10.2. The fraction of sp³-hybridized carbons (Fsp3) is 0.462. The number of hydrogen-bond acceptors (Lipinski definition) is 3. The number of nitrogens with two attached hydrogens (primary N) is 1.